The molecule has 0 aliphatic heterocycles. The monoisotopic (exact) mass is 428 g/mol. The van der Waals surface area contributed by atoms with Crippen LogP contribution in [0.25, 0.3) is 22.3 Å². The van der Waals surface area contributed by atoms with Gasteiger partial charge in [0, 0.05) is 22.4 Å². The Kier molecular flexibility index (Phi) is 5.79. The molecule has 0 fully saturated rings. The first-order chi connectivity index (χ1) is 15.4. The van der Waals surface area contributed by atoms with Crippen molar-refractivity contribution in [2.24, 2.45) is 0 Å². The number of hydrogen-bond acceptors (Lipinski definition) is 5. The number of nitrogens with one attached hydrogen (secondary N) is 2. The maximum Gasteiger partial charge on any atom is 0.276 e. The zero-order chi connectivity index (χ0) is 22.8. The Morgan fingerprint density at radius 3 is 2.41 bits per heavy atom. The Labute approximate surface area is 185 Å². The lowest BCUT2D eigenvalue weighted by Crippen LogP contribution is -2.21. The molecule has 1 heterocycles. The summed E-state index contributed by atoms with van der Waals surface area (Å²) < 4.78 is 6.34. The van der Waals surface area contributed by atoms with E-state index in [0.29, 0.717) is 33.5 Å². The Bertz CT molecular complexity index is 1360. The van der Waals surface area contributed by atoms with Crippen molar-refractivity contribution in [2.75, 3.05) is 5.32 Å². The van der Waals surface area contributed by atoms with Crippen LogP contribution in [0.15, 0.2) is 75.9 Å². The van der Waals surface area contributed by atoms with Gasteiger partial charge in [0.15, 0.2) is 5.43 Å². The number of fused-ring (bicyclic) bond motifs is 1. The number of hydroxylamine groups is 1. The van der Waals surface area contributed by atoms with Crippen LogP contribution in [0.4, 0.5) is 5.69 Å². The number of aryl methyl sites for hydroxylation is 1. The maximum absolute atomic E-state index is 13.2. The second-order valence-electron chi connectivity index (χ2n) is 7.83. The van der Waals surface area contributed by atoms with E-state index < -0.39 is 5.91 Å². The third-order valence-electron chi connectivity index (χ3n) is 5.54. The van der Waals surface area contributed by atoms with Crippen molar-refractivity contribution >= 4 is 22.6 Å². The number of anilines is 1. The lowest BCUT2D eigenvalue weighted by atomic mass is 9.98. The van der Waals surface area contributed by atoms with Crippen LogP contribution in [0.2, 0.25) is 0 Å². The number of carbonyl (C=O) groups excluding carboxylic acids is 1. The average molecular weight is 428 g/mol. The van der Waals surface area contributed by atoms with Crippen molar-refractivity contribution in [3.8, 4) is 11.3 Å². The van der Waals surface area contributed by atoms with Crippen molar-refractivity contribution < 1.29 is 14.4 Å². The molecule has 1 aromatic heterocycles. The number of rotatable bonds is 5. The molecule has 3 aromatic carbocycles. The van der Waals surface area contributed by atoms with Gasteiger partial charge in [0.2, 0.25) is 0 Å². The summed E-state index contributed by atoms with van der Waals surface area (Å²) in [6, 6.07) is 20.0. The van der Waals surface area contributed by atoms with Crippen LogP contribution in [0, 0.1) is 13.8 Å². The maximum atomic E-state index is 13.2. The van der Waals surface area contributed by atoms with E-state index in [1.807, 2.05) is 56.3 Å². The lowest BCUT2D eigenvalue weighted by molar-refractivity contribution is 0.0707. The molecule has 0 radical (unpaired) electrons. The summed E-state index contributed by atoms with van der Waals surface area (Å²) in [5, 5.41) is 12.9. The van der Waals surface area contributed by atoms with Crippen molar-refractivity contribution in [3.63, 3.8) is 0 Å². The summed E-state index contributed by atoms with van der Waals surface area (Å²) in [5.74, 6) is -0.0663. The standard InChI is InChI=1S/C26H24N2O4/c1-15-13-20(17(3)27-22-12-8-7-11-19(22)26(30)28-31)25-21(14-15)23(29)16(2)24(32-25)18-9-5-4-6-10-18/h4-14,17,27,31H,1-3H3,(H,28,30). The molecule has 3 N–H and O–H groups in total. The van der Waals surface area contributed by atoms with Gasteiger partial charge in [-0.25, -0.2) is 5.48 Å². The number of hydrogen-bond donors (Lipinski definition) is 3. The summed E-state index contributed by atoms with van der Waals surface area (Å²) in [4.78, 5) is 25.3. The minimum atomic E-state index is -0.608. The molecule has 0 aliphatic rings. The summed E-state index contributed by atoms with van der Waals surface area (Å²) >= 11 is 0. The highest BCUT2D eigenvalue weighted by atomic mass is 16.5. The van der Waals surface area contributed by atoms with E-state index in [0.717, 1.165) is 16.7 Å². The normalized spacial score (nSPS) is 11.9. The number of carbonyl (C=O) groups is 1. The van der Waals surface area contributed by atoms with Crippen LogP contribution in [0.3, 0.4) is 0 Å². The molecular formula is C26H24N2O4. The number of benzene rings is 3. The van der Waals surface area contributed by atoms with Crippen LogP contribution in [0.1, 0.15) is 40.0 Å². The van der Waals surface area contributed by atoms with Gasteiger partial charge in [-0.3, -0.25) is 14.8 Å². The quantitative estimate of drug-likeness (QED) is 0.294. The summed E-state index contributed by atoms with van der Waals surface area (Å²) in [6.45, 7) is 5.65. The van der Waals surface area contributed by atoms with Gasteiger partial charge in [-0.15, -0.1) is 0 Å². The minimum absolute atomic E-state index is 0.0673. The second-order valence-corrected chi connectivity index (χ2v) is 7.83. The van der Waals surface area contributed by atoms with Crippen molar-refractivity contribution in [1.82, 2.24) is 5.48 Å². The van der Waals surface area contributed by atoms with Gasteiger partial charge >= 0.3 is 0 Å². The SMILES string of the molecule is Cc1cc(C(C)Nc2ccccc2C(=O)NO)c2oc(-c3ccccc3)c(C)c(=O)c2c1. The minimum Gasteiger partial charge on any atom is -0.455 e. The summed E-state index contributed by atoms with van der Waals surface area (Å²) in [7, 11) is 0. The van der Waals surface area contributed by atoms with Crippen molar-refractivity contribution in [2.45, 2.75) is 26.8 Å². The Morgan fingerprint density at radius 2 is 1.69 bits per heavy atom. The molecule has 1 amide bonds. The van der Waals surface area contributed by atoms with E-state index in [2.05, 4.69) is 5.32 Å². The first-order valence-corrected chi connectivity index (χ1v) is 10.3. The van der Waals surface area contributed by atoms with Crippen molar-refractivity contribution in [3.05, 3.63) is 99.2 Å². The lowest BCUT2D eigenvalue weighted by Gasteiger charge is -2.20. The molecular weight excluding hydrogens is 404 g/mol. The topological polar surface area (TPSA) is 91.6 Å². The largest absolute Gasteiger partial charge is 0.455 e. The fourth-order valence-electron chi connectivity index (χ4n) is 3.93. The molecule has 0 saturated carbocycles. The van der Waals surface area contributed by atoms with E-state index in [4.69, 9.17) is 9.62 Å². The van der Waals surface area contributed by atoms with Crippen LogP contribution in [-0.4, -0.2) is 11.1 Å². The molecule has 0 bridgehead atoms. The Morgan fingerprint density at radius 1 is 1.00 bits per heavy atom. The van der Waals surface area contributed by atoms with Gasteiger partial charge in [-0.2, -0.15) is 0 Å². The predicted molar refractivity (Wildman–Crippen MR) is 125 cm³/mol. The van der Waals surface area contributed by atoms with Gasteiger partial charge in [0.25, 0.3) is 5.91 Å². The van der Waals surface area contributed by atoms with Crippen LogP contribution in [0.5, 0.6) is 0 Å². The smallest absolute Gasteiger partial charge is 0.276 e. The fourth-order valence-corrected chi connectivity index (χ4v) is 3.93. The molecule has 4 aromatic rings. The van der Waals surface area contributed by atoms with Gasteiger partial charge < -0.3 is 9.73 Å². The summed E-state index contributed by atoms with van der Waals surface area (Å²) in [5.41, 5.74) is 6.10. The van der Waals surface area contributed by atoms with Crippen molar-refractivity contribution in [1.29, 1.82) is 0 Å². The van der Waals surface area contributed by atoms with E-state index in [1.165, 1.54) is 0 Å². The van der Waals surface area contributed by atoms with Crippen LogP contribution >= 0.6 is 0 Å². The third-order valence-corrected chi connectivity index (χ3v) is 5.54. The number of amides is 1. The summed E-state index contributed by atoms with van der Waals surface area (Å²) in [6.07, 6.45) is 0. The van der Waals surface area contributed by atoms with Gasteiger partial charge in [0.05, 0.1) is 17.0 Å². The highest BCUT2D eigenvalue weighted by Gasteiger charge is 2.20. The molecule has 4 rings (SSSR count). The first kappa shape index (κ1) is 21.3. The molecule has 6 heteroatoms. The van der Waals surface area contributed by atoms with Crippen LogP contribution in [-0.2, 0) is 0 Å². The zero-order valence-corrected chi connectivity index (χ0v) is 18.1. The van der Waals surface area contributed by atoms with E-state index >= 15 is 0 Å². The van der Waals surface area contributed by atoms with E-state index in [-0.39, 0.29) is 11.5 Å². The Hall–Kier alpha value is -3.90. The van der Waals surface area contributed by atoms with E-state index in [1.54, 1.807) is 36.7 Å². The molecule has 0 spiro atoms. The predicted octanol–water partition coefficient (Wildman–Crippen LogP) is 5.37. The Balaban J connectivity index is 1.87. The molecule has 0 aliphatic carbocycles. The average Bonchev–Trinajstić information content (AvgIpc) is 2.81. The third kappa shape index (κ3) is 3.88. The molecule has 0 saturated heterocycles. The number of para-hydroxylation sites is 1. The first-order valence-electron chi connectivity index (χ1n) is 10.3. The zero-order valence-electron chi connectivity index (χ0n) is 18.1. The second kappa shape index (κ2) is 8.69. The highest BCUT2D eigenvalue weighted by molar-refractivity contribution is 5.99. The molecule has 32 heavy (non-hydrogen) atoms. The van der Waals surface area contributed by atoms with E-state index in [9.17, 15) is 9.59 Å². The molecule has 162 valence electrons. The molecule has 1 atom stereocenters. The highest BCUT2D eigenvalue weighted by Crippen LogP contribution is 2.32. The van der Waals surface area contributed by atoms with Gasteiger partial charge in [-0.05, 0) is 44.5 Å². The fraction of sp³-hybridized carbons (Fsp3) is 0.154. The van der Waals surface area contributed by atoms with Crippen LogP contribution < -0.4 is 16.2 Å². The molecule has 6 nitrogen and oxygen atoms in total. The van der Waals surface area contributed by atoms with Gasteiger partial charge in [-0.1, -0.05) is 48.5 Å². The molecule has 1 unspecified atom stereocenters. The van der Waals surface area contributed by atoms with Gasteiger partial charge in [0.1, 0.15) is 11.3 Å².